The van der Waals surface area contributed by atoms with E-state index in [0.717, 1.165) is 16.7 Å². The first-order chi connectivity index (χ1) is 35.3. The summed E-state index contributed by atoms with van der Waals surface area (Å²) in [5.74, 6) is -0.189. The van der Waals surface area contributed by atoms with Crippen LogP contribution in [0.25, 0.3) is 0 Å². The molecule has 2 amide bonds. The van der Waals surface area contributed by atoms with E-state index in [2.05, 4.69) is 10.6 Å². The number of methoxy groups -OCH3 is 2. The van der Waals surface area contributed by atoms with E-state index in [1.165, 1.54) is 6.07 Å². The zero-order valence-electron chi connectivity index (χ0n) is 42.7. The zero-order chi connectivity index (χ0) is 53.0. The number of hydrogen-bond acceptors (Lipinski definition) is 13. The number of fused-ring (bicyclic) bond motifs is 6. The molecule has 2 aliphatic heterocycles. The number of carbonyl (C=O) groups excluding carboxylic acids is 5. The van der Waals surface area contributed by atoms with Gasteiger partial charge in [0.15, 0.2) is 5.60 Å². The smallest absolute Gasteiger partial charge is 0.340 e. The van der Waals surface area contributed by atoms with Gasteiger partial charge < -0.3 is 48.9 Å². The number of hydrogen-bond donors (Lipinski definition) is 3. The number of rotatable bonds is 17. The van der Waals surface area contributed by atoms with E-state index in [1.54, 1.807) is 104 Å². The molecule has 74 heavy (non-hydrogen) atoms. The molecule has 0 aromatic heterocycles. The molecule has 0 aliphatic carbocycles. The van der Waals surface area contributed by atoms with Crippen molar-refractivity contribution in [1.82, 2.24) is 5.32 Å². The second kappa shape index (κ2) is 21.2. The van der Waals surface area contributed by atoms with E-state index < -0.39 is 58.5 Å². The highest BCUT2D eigenvalue weighted by atomic mass is 16.6. The second-order valence-electron chi connectivity index (χ2n) is 20.2. The van der Waals surface area contributed by atoms with E-state index in [-0.39, 0.29) is 60.3 Å². The molecule has 1 spiro atoms. The Labute approximate surface area is 430 Å². The molecule has 8 rings (SSSR count). The van der Waals surface area contributed by atoms with Crippen LogP contribution in [-0.2, 0) is 39.9 Å². The van der Waals surface area contributed by atoms with E-state index in [0.29, 0.717) is 33.9 Å². The third kappa shape index (κ3) is 10.7. The first-order valence-electron chi connectivity index (χ1n) is 24.3. The van der Waals surface area contributed by atoms with Crippen LogP contribution >= 0.6 is 0 Å². The topological polar surface area (TPSA) is 194 Å². The average molecular weight is 1010 g/mol. The summed E-state index contributed by atoms with van der Waals surface area (Å²) in [7, 11) is 3.19. The lowest BCUT2D eigenvalue weighted by atomic mass is 9.77. The molecule has 0 radical (unpaired) electrons. The molecular formula is C59H60N2O13. The molecule has 0 saturated heterocycles. The van der Waals surface area contributed by atoms with Crippen LogP contribution in [0.2, 0.25) is 0 Å². The van der Waals surface area contributed by atoms with Crippen molar-refractivity contribution in [2.75, 3.05) is 32.8 Å². The van der Waals surface area contributed by atoms with E-state index >= 15 is 0 Å². The zero-order valence-corrected chi connectivity index (χ0v) is 42.7. The average Bonchev–Trinajstić information content (AvgIpc) is 3.66. The molecule has 6 aromatic rings. The molecule has 0 bridgehead atoms. The van der Waals surface area contributed by atoms with Crippen LogP contribution in [0.5, 0.6) is 34.5 Å². The summed E-state index contributed by atoms with van der Waals surface area (Å²) in [6, 6.07) is 38.4. The SMILES string of the molecule is COc1ccc(C(OCC(CO)NC(=O)CCCC(=O)Nc2ccc3c(c2)C(=O)OC32c3ccc(OC(=O)C(C)(C)C)cc3Oc3cc(OC(=O)C(C)(C)C)ccc32)(c2ccccc2)c2ccc(OC)cc2)cc1. The summed E-state index contributed by atoms with van der Waals surface area (Å²) in [5, 5.41) is 16.2. The molecule has 0 fully saturated rings. The molecular weight excluding hydrogens is 945 g/mol. The van der Waals surface area contributed by atoms with Crippen molar-refractivity contribution in [2.45, 2.75) is 78.0 Å². The number of esters is 3. The summed E-state index contributed by atoms with van der Waals surface area (Å²) in [6.07, 6.45) is 0.110. The van der Waals surface area contributed by atoms with Crippen LogP contribution in [0.15, 0.2) is 133 Å². The van der Waals surface area contributed by atoms with Crippen LogP contribution in [0.1, 0.15) is 105 Å². The van der Waals surface area contributed by atoms with E-state index in [1.807, 2.05) is 78.9 Å². The van der Waals surface area contributed by atoms with Crippen molar-refractivity contribution >= 4 is 35.4 Å². The molecule has 2 aliphatic rings. The van der Waals surface area contributed by atoms with Gasteiger partial charge in [-0.05, 0) is 125 Å². The Bertz CT molecular complexity index is 2940. The highest BCUT2D eigenvalue weighted by molar-refractivity contribution is 6.00. The molecule has 1 atom stereocenters. The third-order valence-corrected chi connectivity index (χ3v) is 12.7. The summed E-state index contributed by atoms with van der Waals surface area (Å²) >= 11 is 0. The Kier molecular flexibility index (Phi) is 15.0. The lowest BCUT2D eigenvalue weighted by molar-refractivity contribution is -0.143. The van der Waals surface area contributed by atoms with Crippen LogP contribution in [-0.4, -0.2) is 68.3 Å². The fourth-order valence-electron chi connectivity index (χ4n) is 8.79. The van der Waals surface area contributed by atoms with Crippen molar-refractivity contribution in [3.8, 4) is 34.5 Å². The second-order valence-corrected chi connectivity index (χ2v) is 20.2. The first-order valence-corrected chi connectivity index (χ1v) is 24.3. The fourth-order valence-corrected chi connectivity index (χ4v) is 8.79. The van der Waals surface area contributed by atoms with Crippen LogP contribution in [0.4, 0.5) is 5.69 Å². The maximum absolute atomic E-state index is 14.0. The Balaban J connectivity index is 0.963. The van der Waals surface area contributed by atoms with Gasteiger partial charge in [-0.1, -0.05) is 60.7 Å². The van der Waals surface area contributed by atoms with Gasteiger partial charge in [0, 0.05) is 47.4 Å². The quantitative estimate of drug-likeness (QED) is 0.0445. The molecule has 6 aromatic carbocycles. The Morgan fingerprint density at radius 3 is 1.59 bits per heavy atom. The highest BCUT2D eigenvalue weighted by Crippen LogP contribution is 2.57. The van der Waals surface area contributed by atoms with Gasteiger partial charge in [-0.25, -0.2) is 4.79 Å². The van der Waals surface area contributed by atoms with Crippen molar-refractivity contribution in [3.05, 3.63) is 172 Å². The summed E-state index contributed by atoms with van der Waals surface area (Å²) in [6.45, 7) is 9.91. The molecule has 1 unspecified atom stereocenters. The largest absolute Gasteiger partial charge is 0.497 e. The minimum absolute atomic E-state index is 0.0289. The number of carbonyl (C=O) groups is 5. The van der Waals surface area contributed by atoms with Crippen LogP contribution in [0, 0.1) is 10.8 Å². The number of benzene rings is 6. The van der Waals surface area contributed by atoms with Crippen LogP contribution < -0.4 is 34.3 Å². The first kappa shape index (κ1) is 52.3. The van der Waals surface area contributed by atoms with Crippen molar-refractivity contribution in [1.29, 1.82) is 0 Å². The van der Waals surface area contributed by atoms with Crippen molar-refractivity contribution < 1.29 is 62.2 Å². The van der Waals surface area contributed by atoms with Gasteiger partial charge in [0.25, 0.3) is 0 Å². The van der Waals surface area contributed by atoms with Gasteiger partial charge >= 0.3 is 17.9 Å². The fraction of sp³-hybridized carbons (Fsp3) is 0.305. The Morgan fingerprint density at radius 2 is 1.09 bits per heavy atom. The number of amides is 2. The molecule has 384 valence electrons. The number of nitrogens with one attached hydrogen (secondary N) is 2. The monoisotopic (exact) mass is 1000 g/mol. The predicted molar refractivity (Wildman–Crippen MR) is 275 cm³/mol. The van der Waals surface area contributed by atoms with E-state index in [4.69, 9.17) is 33.2 Å². The van der Waals surface area contributed by atoms with Crippen molar-refractivity contribution in [3.63, 3.8) is 0 Å². The van der Waals surface area contributed by atoms with Crippen LogP contribution in [0.3, 0.4) is 0 Å². The third-order valence-electron chi connectivity index (χ3n) is 12.7. The summed E-state index contributed by atoms with van der Waals surface area (Å²) < 4.78 is 41.9. The molecule has 15 nitrogen and oxygen atoms in total. The van der Waals surface area contributed by atoms with Gasteiger partial charge in [-0.15, -0.1) is 0 Å². The summed E-state index contributed by atoms with van der Waals surface area (Å²) in [4.78, 5) is 66.5. The lowest BCUT2D eigenvalue weighted by Crippen LogP contribution is -2.44. The lowest BCUT2D eigenvalue weighted by Gasteiger charge is -2.37. The normalized spacial score (nSPS) is 13.8. The number of aliphatic hydroxyl groups is 1. The van der Waals surface area contributed by atoms with Crippen molar-refractivity contribution in [2.24, 2.45) is 10.8 Å². The van der Waals surface area contributed by atoms with Gasteiger partial charge in [0.05, 0.1) is 49.9 Å². The highest BCUT2D eigenvalue weighted by Gasteiger charge is 2.54. The number of anilines is 1. The number of aliphatic hydroxyl groups excluding tert-OH is 1. The van der Waals surface area contributed by atoms with Gasteiger partial charge in [-0.3, -0.25) is 19.2 Å². The minimum atomic E-state index is -1.55. The van der Waals surface area contributed by atoms with Gasteiger partial charge in [-0.2, -0.15) is 0 Å². The molecule has 3 N–H and O–H groups in total. The van der Waals surface area contributed by atoms with Gasteiger partial charge in [0.1, 0.15) is 40.1 Å². The van der Waals surface area contributed by atoms with Gasteiger partial charge in [0.2, 0.25) is 11.8 Å². The maximum Gasteiger partial charge on any atom is 0.340 e. The predicted octanol–water partition coefficient (Wildman–Crippen LogP) is 9.77. The molecule has 0 saturated carbocycles. The Morgan fingerprint density at radius 1 is 0.608 bits per heavy atom. The van der Waals surface area contributed by atoms with E-state index in [9.17, 15) is 29.1 Å². The Hall–Kier alpha value is -8.01. The molecule has 15 heteroatoms. The molecule has 2 heterocycles. The number of ether oxygens (including phenoxy) is 7. The maximum atomic E-state index is 14.0. The standard InChI is InChI=1S/C59H60N2O13/c1-56(2,3)54(66)71-43-26-29-47-49(32-43)73-50-33-44(72-55(67)57(4,5)6)27-30-48(50)59(47)46-28-21-39(31-45(46)53(65)74-59)60-51(63)15-12-16-52(64)61-40(34-62)35-70-58(36-13-10-9-11-14-36,37-17-22-41(68-7)23-18-37)38-19-24-42(69-8)25-20-38/h9-11,13-14,17-33,40,62H,12,15-16,34-35H2,1-8H3,(H,60,63)(H,61,64). The summed E-state index contributed by atoms with van der Waals surface area (Å²) in [5.41, 5.74) is -0.0728. The minimum Gasteiger partial charge on any atom is -0.497 e.